The van der Waals surface area contributed by atoms with Gasteiger partial charge in [0.15, 0.2) is 6.61 Å². The Morgan fingerprint density at radius 2 is 1.87 bits per heavy atom. The Balaban J connectivity index is 2.06. The van der Waals surface area contributed by atoms with Crippen LogP contribution in [0.1, 0.15) is 48.4 Å². The van der Waals surface area contributed by atoms with Crippen molar-refractivity contribution in [3.05, 3.63) is 53.3 Å². The average molecular weight is 424 g/mol. The van der Waals surface area contributed by atoms with Gasteiger partial charge in [0.25, 0.3) is 5.91 Å². The molecule has 30 heavy (non-hydrogen) atoms. The van der Waals surface area contributed by atoms with E-state index >= 15 is 0 Å². The zero-order valence-corrected chi connectivity index (χ0v) is 16.8. The van der Waals surface area contributed by atoms with E-state index in [1.165, 1.54) is 12.1 Å². The summed E-state index contributed by atoms with van der Waals surface area (Å²) in [4.78, 5) is 28.6. The highest BCUT2D eigenvalue weighted by molar-refractivity contribution is 5.97. The van der Waals surface area contributed by atoms with Gasteiger partial charge in [0.1, 0.15) is 17.3 Å². The largest absolute Gasteiger partial charge is 0.507 e. The highest BCUT2D eigenvalue weighted by Gasteiger charge is 2.28. The molecule has 162 valence electrons. The zero-order valence-electron chi connectivity index (χ0n) is 16.8. The van der Waals surface area contributed by atoms with E-state index in [-0.39, 0.29) is 29.4 Å². The molecule has 0 saturated heterocycles. The van der Waals surface area contributed by atoms with Gasteiger partial charge < -0.3 is 15.2 Å². The van der Waals surface area contributed by atoms with Gasteiger partial charge in [-0.3, -0.25) is 14.6 Å². The molecule has 1 heterocycles. The van der Waals surface area contributed by atoms with Gasteiger partial charge >= 0.3 is 6.18 Å². The van der Waals surface area contributed by atoms with E-state index in [1.807, 2.05) is 0 Å². The molecule has 0 aliphatic rings. The van der Waals surface area contributed by atoms with Crippen LogP contribution in [0, 0.1) is 5.92 Å². The number of ketones is 1. The fourth-order valence-electron chi connectivity index (χ4n) is 2.56. The van der Waals surface area contributed by atoms with Crippen LogP contribution < -0.4 is 10.1 Å². The van der Waals surface area contributed by atoms with E-state index in [4.69, 9.17) is 0 Å². The monoisotopic (exact) mass is 424 g/mol. The maximum Gasteiger partial charge on any atom is 0.422 e. The standard InChI is InChI=1S/C21H23F3N2O4/c1-12(2)18(27)9-15-8-14(6-7-25-15)13(3)26-20(29)17-5-4-16(10-19(17)28)30-11-21(22,23)24/h4-8,10,12-13,28H,9,11H2,1-3H3,(H,26,29). The summed E-state index contributed by atoms with van der Waals surface area (Å²) in [7, 11) is 0. The molecule has 0 radical (unpaired) electrons. The SMILES string of the molecule is CC(C)C(=O)Cc1cc(C(C)NC(=O)c2ccc(OCC(F)(F)F)cc2O)ccn1. The van der Waals surface area contributed by atoms with Crippen molar-refractivity contribution in [2.75, 3.05) is 6.61 Å². The highest BCUT2D eigenvalue weighted by Crippen LogP contribution is 2.26. The number of phenols is 1. The maximum absolute atomic E-state index is 12.5. The van der Waals surface area contributed by atoms with Gasteiger partial charge in [-0.15, -0.1) is 0 Å². The molecule has 0 fully saturated rings. The van der Waals surface area contributed by atoms with Crippen molar-refractivity contribution in [3.8, 4) is 11.5 Å². The summed E-state index contributed by atoms with van der Waals surface area (Å²) < 4.78 is 41.2. The topological polar surface area (TPSA) is 88.5 Å². The second-order valence-electron chi connectivity index (χ2n) is 7.16. The molecule has 1 aromatic heterocycles. The van der Waals surface area contributed by atoms with Crippen LogP contribution in [0.2, 0.25) is 0 Å². The van der Waals surface area contributed by atoms with Gasteiger partial charge in [-0.1, -0.05) is 13.8 Å². The minimum atomic E-state index is -4.51. The number of Topliss-reactive ketones (excluding diaryl/α,β-unsaturated/α-hetero) is 1. The predicted molar refractivity (Wildman–Crippen MR) is 103 cm³/mol. The summed E-state index contributed by atoms with van der Waals surface area (Å²) >= 11 is 0. The molecule has 0 bridgehead atoms. The number of nitrogens with zero attached hydrogens (tertiary/aromatic N) is 1. The first kappa shape index (κ1) is 23.2. The zero-order chi connectivity index (χ0) is 22.5. The third kappa shape index (κ3) is 6.75. The summed E-state index contributed by atoms with van der Waals surface area (Å²) in [5.41, 5.74) is 1.20. The summed E-state index contributed by atoms with van der Waals surface area (Å²) in [6.45, 7) is 3.83. The fourth-order valence-corrected chi connectivity index (χ4v) is 2.56. The third-order valence-electron chi connectivity index (χ3n) is 4.30. The van der Waals surface area contributed by atoms with Crippen molar-refractivity contribution >= 4 is 11.7 Å². The second-order valence-corrected chi connectivity index (χ2v) is 7.16. The fraction of sp³-hybridized carbons (Fsp3) is 0.381. The Hall–Kier alpha value is -3.10. The van der Waals surface area contributed by atoms with Crippen molar-refractivity contribution in [1.29, 1.82) is 0 Å². The summed E-state index contributed by atoms with van der Waals surface area (Å²) in [6.07, 6.45) is -2.78. The lowest BCUT2D eigenvalue weighted by Gasteiger charge is -2.16. The summed E-state index contributed by atoms with van der Waals surface area (Å²) in [5, 5.41) is 12.7. The highest BCUT2D eigenvalue weighted by atomic mass is 19.4. The number of carbonyl (C=O) groups is 2. The number of carbonyl (C=O) groups excluding carboxylic acids is 2. The van der Waals surface area contributed by atoms with Crippen molar-refractivity contribution < 1.29 is 32.6 Å². The summed E-state index contributed by atoms with van der Waals surface area (Å²) in [6, 6.07) is 6.26. The van der Waals surface area contributed by atoms with Crippen LogP contribution in [0.15, 0.2) is 36.5 Å². The molecule has 1 atom stereocenters. The number of pyridine rings is 1. The molecule has 2 N–H and O–H groups in total. The average Bonchev–Trinajstić information content (AvgIpc) is 2.65. The molecule has 1 amide bonds. The van der Waals surface area contributed by atoms with Crippen molar-refractivity contribution in [1.82, 2.24) is 10.3 Å². The molecule has 0 aliphatic carbocycles. The first-order valence-electron chi connectivity index (χ1n) is 9.27. The van der Waals surface area contributed by atoms with E-state index < -0.39 is 30.5 Å². The number of halogens is 3. The molecule has 6 nitrogen and oxygen atoms in total. The molecule has 1 aromatic carbocycles. The third-order valence-corrected chi connectivity index (χ3v) is 4.30. The van der Waals surface area contributed by atoms with E-state index in [1.54, 1.807) is 39.1 Å². The van der Waals surface area contributed by atoms with Gasteiger partial charge in [0, 0.05) is 30.3 Å². The molecule has 2 rings (SSSR count). The smallest absolute Gasteiger partial charge is 0.422 e. The molecule has 2 aromatic rings. The first-order chi connectivity index (χ1) is 14.0. The lowest BCUT2D eigenvalue weighted by Crippen LogP contribution is -2.27. The molecule has 1 unspecified atom stereocenters. The Kier molecular flexibility index (Phi) is 7.42. The number of rotatable bonds is 8. The Labute approximate surface area is 172 Å². The quantitative estimate of drug-likeness (QED) is 0.669. The number of ether oxygens (including phenoxy) is 1. The molecule has 0 spiro atoms. The van der Waals surface area contributed by atoms with Crippen LogP contribution in [0.3, 0.4) is 0 Å². The lowest BCUT2D eigenvalue weighted by molar-refractivity contribution is -0.153. The van der Waals surface area contributed by atoms with Crippen LogP contribution in [-0.2, 0) is 11.2 Å². The van der Waals surface area contributed by atoms with E-state index in [9.17, 15) is 27.9 Å². The van der Waals surface area contributed by atoms with Gasteiger partial charge in [-0.25, -0.2) is 0 Å². The number of aromatic nitrogens is 1. The van der Waals surface area contributed by atoms with E-state index in [2.05, 4.69) is 15.0 Å². The van der Waals surface area contributed by atoms with Gasteiger partial charge in [-0.05, 0) is 36.8 Å². The second kappa shape index (κ2) is 9.60. The lowest BCUT2D eigenvalue weighted by atomic mass is 10.0. The number of phenolic OH excluding ortho intramolecular Hbond substituents is 1. The molecule has 0 aliphatic heterocycles. The number of nitrogens with one attached hydrogen (secondary N) is 1. The van der Waals surface area contributed by atoms with Crippen LogP contribution in [0.5, 0.6) is 11.5 Å². The van der Waals surface area contributed by atoms with Gasteiger partial charge in [0.05, 0.1) is 11.6 Å². The number of hydrogen-bond donors (Lipinski definition) is 2. The molecule has 9 heteroatoms. The number of amides is 1. The molecule has 0 saturated carbocycles. The van der Waals surface area contributed by atoms with Gasteiger partial charge in [-0.2, -0.15) is 13.2 Å². The number of hydrogen-bond acceptors (Lipinski definition) is 5. The first-order valence-corrected chi connectivity index (χ1v) is 9.27. The van der Waals surface area contributed by atoms with Crippen LogP contribution in [-0.4, -0.2) is 34.6 Å². The van der Waals surface area contributed by atoms with Crippen LogP contribution in [0.25, 0.3) is 0 Å². The van der Waals surface area contributed by atoms with E-state index in [0.29, 0.717) is 5.69 Å². The molecular formula is C21H23F3N2O4. The predicted octanol–water partition coefficient (Wildman–Crippen LogP) is 3.99. The normalized spacial score (nSPS) is 12.5. The Bertz CT molecular complexity index is 913. The van der Waals surface area contributed by atoms with Crippen molar-refractivity contribution in [2.24, 2.45) is 5.92 Å². The van der Waals surface area contributed by atoms with Crippen molar-refractivity contribution in [3.63, 3.8) is 0 Å². The number of aromatic hydroxyl groups is 1. The van der Waals surface area contributed by atoms with Crippen molar-refractivity contribution in [2.45, 2.75) is 39.4 Å². The Morgan fingerprint density at radius 3 is 2.47 bits per heavy atom. The Morgan fingerprint density at radius 1 is 1.17 bits per heavy atom. The van der Waals surface area contributed by atoms with Crippen LogP contribution >= 0.6 is 0 Å². The number of benzene rings is 1. The van der Waals surface area contributed by atoms with E-state index in [0.717, 1.165) is 11.6 Å². The molecular weight excluding hydrogens is 401 g/mol. The number of alkyl halides is 3. The minimum absolute atomic E-state index is 0.0501. The van der Waals surface area contributed by atoms with Crippen LogP contribution in [0.4, 0.5) is 13.2 Å². The minimum Gasteiger partial charge on any atom is -0.507 e. The summed E-state index contributed by atoms with van der Waals surface area (Å²) in [5.74, 6) is -1.38. The van der Waals surface area contributed by atoms with Gasteiger partial charge in [0.2, 0.25) is 0 Å². The maximum atomic E-state index is 12.5.